The molecule has 7 heteroatoms. The van der Waals surface area contributed by atoms with Gasteiger partial charge in [0.25, 0.3) is 0 Å². The molecule has 21 heavy (non-hydrogen) atoms. The highest BCUT2D eigenvalue weighted by molar-refractivity contribution is 9.08. The Balaban J connectivity index is 2.82. The van der Waals surface area contributed by atoms with Crippen LogP contribution in [0, 0.1) is 0 Å². The van der Waals surface area contributed by atoms with Gasteiger partial charge >= 0.3 is 6.18 Å². The highest BCUT2D eigenvalue weighted by Gasteiger charge is 2.34. The van der Waals surface area contributed by atoms with Gasteiger partial charge in [0, 0.05) is 10.9 Å². The number of rotatable bonds is 2. The molecule has 2 aromatic rings. The Labute approximate surface area is 142 Å². The van der Waals surface area contributed by atoms with Crippen molar-refractivity contribution in [2.45, 2.75) is 11.5 Å². The van der Waals surface area contributed by atoms with Gasteiger partial charge in [0.1, 0.15) is 0 Å². The van der Waals surface area contributed by atoms with E-state index in [0.29, 0.717) is 10.9 Å². The van der Waals surface area contributed by atoms with Crippen LogP contribution in [0.5, 0.6) is 0 Å². The Morgan fingerprint density at radius 1 is 0.952 bits per heavy atom. The molecule has 0 aromatic heterocycles. The molecule has 0 unspecified atom stereocenters. The maximum absolute atomic E-state index is 13.2. The molecule has 0 aliphatic carbocycles. The summed E-state index contributed by atoms with van der Waals surface area (Å²) in [6.07, 6.45) is -4.52. The summed E-state index contributed by atoms with van der Waals surface area (Å²) in [6, 6.07) is 6.68. The molecule has 0 saturated carbocycles. The first-order valence-electron chi connectivity index (χ1n) is 5.65. The summed E-state index contributed by atoms with van der Waals surface area (Å²) in [6.45, 7) is 0. The number of halogens is 7. The van der Waals surface area contributed by atoms with Crippen molar-refractivity contribution < 1.29 is 13.2 Å². The minimum Gasteiger partial charge on any atom is -0.166 e. The summed E-state index contributed by atoms with van der Waals surface area (Å²) in [5.74, 6) is 0. The van der Waals surface area contributed by atoms with Gasteiger partial charge in [-0.15, -0.1) is 0 Å². The summed E-state index contributed by atoms with van der Waals surface area (Å²) in [5.41, 5.74) is -0.138. The van der Waals surface area contributed by atoms with E-state index in [0.717, 1.165) is 6.07 Å². The second-order valence-electron chi connectivity index (χ2n) is 4.23. The molecule has 112 valence electrons. The molecular weight excluding hydrogens is 411 g/mol. The first-order chi connectivity index (χ1) is 9.75. The van der Waals surface area contributed by atoms with Crippen molar-refractivity contribution >= 4 is 50.7 Å². The third-order valence-electron chi connectivity index (χ3n) is 2.86. The first kappa shape index (κ1) is 16.9. The Kier molecular flexibility index (Phi) is 5.14. The second kappa shape index (κ2) is 6.37. The molecule has 0 heterocycles. The van der Waals surface area contributed by atoms with E-state index >= 15 is 0 Å². The maximum Gasteiger partial charge on any atom is 0.417 e. The monoisotopic (exact) mass is 416 g/mol. The Hall–Kier alpha value is -0.420. The topological polar surface area (TPSA) is 0 Å². The van der Waals surface area contributed by atoms with Gasteiger partial charge in [0.15, 0.2) is 0 Å². The van der Waals surface area contributed by atoms with Crippen LogP contribution in [-0.4, -0.2) is 0 Å². The fourth-order valence-electron chi connectivity index (χ4n) is 1.90. The Morgan fingerprint density at radius 2 is 1.57 bits per heavy atom. The molecule has 0 radical (unpaired) electrons. The summed E-state index contributed by atoms with van der Waals surface area (Å²) in [4.78, 5) is 0. The molecule has 0 N–H and O–H groups in total. The molecule has 0 spiro atoms. The highest BCUT2D eigenvalue weighted by atomic mass is 79.9. The molecule has 0 nitrogen and oxygen atoms in total. The number of hydrogen-bond acceptors (Lipinski definition) is 0. The average molecular weight is 418 g/mol. The lowest BCUT2D eigenvalue weighted by atomic mass is 9.97. The molecule has 0 fully saturated rings. The van der Waals surface area contributed by atoms with Crippen molar-refractivity contribution in [1.82, 2.24) is 0 Å². The van der Waals surface area contributed by atoms with Gasteiger partial charge in [0.2, 0.25) is 0 Å². The number of alkyl halides is 4. The molecule has 2 aromatic carbocycles. The fraction of sp³-hybridized carbons (Fsp3) is 0.143. The summed E-state index contributed by atoms with van der Waals surface area (Å²) >= 11 is 21.2. The van der Waals surface area contributed by atoms with Crippen LogP contribution in [0.15, 0.2) is 30.3 Å². The van der Waals surface area contributed by atoms with E-state index in [2.05, 4.69) is 15.9 Å². The van der Waals surface area contributed by atoms with Crippen molar-refractivity contribution in [3.63, 3.8) is 0 Å². The van der Waals surface area contributed by atoms with E-state index in [9.17, 15) is 13.2 Å². The lowest BCUT2D eigenvalue weighted by Crippen LogP contribution is -2.08. The number of benzene rings is 2. The van der Waals surface area contributed by atoms with Crippen LogP contribution in [0.1, 0.15) is 11.1 Å². The van der Waals surface area contributed by atoms with Crippen LogP contribution in [0.2, 0.25) is 15.1 Å². The van der Waals surface area contributed by atoms with Gasteiger partial charge in [-0.3, -0.25) is 0 Å². The predicted molar refractivity (Wildman–Crippen MR) is 84.5 cm³/mol. The van der Waals surface area contributed by atoms with Crippen LogP contribution in [0.25, 0.3) is 11.1 Å². The quantitative estimate of drug-likeness (QED) is 0.357. The van der Waals surface area contributed by atoms with E-state index in [-0.39, 0.29) is 26.2 Å². The van der Waals surface area contributed by atoms with E-state index in [4.69, 9.17) is 34.8 Å². The van der Waals surface area contributed by atoms with Crippen molar-refractivity contribution in [3.05, 3.63) is 56.5 Å². The molecule has 0 aliphatic rings. The van der Waals surface area contributed by atoms with Crippen molar-refractivity contribution in [3.8, 4) is 11.1 Å². The lowest BCUT2D eigenvalue weighted by molar-refractivity contribution is -0.137. The van der Waals surface area contributed by atoms with Gasteiger partial charge in [-0.25, -0.2) is 0 Å². The second-order valence-corrected chi connectivity index (χ2v) is 5.98. The fourth-order valence-corrected chi connectivity index (χ4v) is 2.98. The molecule has 0 saturated heterocycles. The van der Waals surface area contributed by atoms with Gasteiger partial charge < -0.3 is 0 Å². The smallest absolute Gasteiger partial charge is 0.166 e. The maximum atomic E-state index is 13.2. The Morgan fingerprint density at radius 3 is 2.14 bits per heavy atom. The van der Waals surface area contributed by atoms with E-state index in [1.54, 1.807) is 0 Å². The van der Waals surface area contributed by atoms with Crippen LogP contribution < -0.4 is 0 Å². The number of hydrogen-bond donors (Lipinski definition) is 0. The molecule has 0 aliphatic heterocycles. The van der Waals surface area contributed by atoms with Gasteiger partial charge in [-0.05, 0) is 35.4 Å². The zero-order chi connectivity index (χ0) is 15.8. The highest BCUT2D eigenvalue weighted by Crippen LogP contribution is 2.45. The summed E-state index contributed by atoms with van der Waals surface area (Å²) in [5, 5.41) is 0.671. The van der Waals surface area contributed by atoms with Gasteiger partial charge in [0.05, 0.1) is 20.6 Å². The zero-order valence-electron chi connectivity index (χ0n) is 10.2. The van der Waals surface area contributed by atoms with Crippen molar-refractivity contribution in [1.29, 1.82) is 0 Å². The first-order valence-corrected chi connectivity index (χ1v) is 7.91. The van der Waals surface area contributed by atoms with Crippen LogP contribution in [0.4, 0.5) is 13.2 Å². The standard InChI is InChI=1S/C14H7BrCl3F3/c15-6-7-1-2-9(14(19,20)21)8(5-7)12-10(16)3-4-11(17)13(12)18/h1-5H,6H2. The van der Waals surface area contributed by atoms with Crippen LogP contribution in [-0.2, 0) is 11.5 Å². The summed E-state index contributed by atoms with van der Waals surface area (Å²) in [7, 11) is 0. The molecule has 0 bridgehead atoms. The third-order valence-corrected chi connectivity index (χ3v) is 4.62. The van der Waals surface area contributed by atoms with Crippen LogP contribution in [0.3, 0.4) is 0 Å². The van der Waals surface area contributed by atoms with E-state index < -0.39 is 11.7 Å². The lowest BCUT2D eigenvalue weighted by Gasteiger charge is -2.17. The van der Waals surface area contributed by atoms with Crippen molar-refractivity contribution in [2.24, 2.45) is 0 Å². The molecule has 2 rings (SSSR count). The molecule has 0 amide bonds. The van der Waals surface area contributed by atoms with Gasteiger partial charge in [-0.2, -0.15) is 13.2 Å². The van der Waals surface area contributed by atoms with E-state index in [1.165, 1.54) is 24.3 Å². The molecular formula is C14H7BrCl3F3. The van der Waals surface area contributed by atoms with E-state index in [1.807, 2.05) is 0 Å². The Bertz CT molecular complexity index is 684. The minimum atomic E-state index is -4.52. The minimum absolute atomic E-state index is 0.00129. The SMILES string of the molecule is FC(F)(F)c1ccc(CBr)cc1-c1c(Cl)ccc(Cl)c1Cl. The largest absolute Gasteiger partial charge is 0.417 e. The van der Waals surface area contributed by atoms with Gasteiger partial charge in [-0.1, -0.05) is 56.8 Å². The third kappa shape index (κ3) is 3.50. The zero-order valence-corrected chi connectivity index (χ0v) is 14.1. The average Bonchev–Trinajstić information content (AvgIpc) is 2.42. The normalized spacial score (nSPS) is 11.8. The van der Waals surface area contributed by atoms with Crippen molar-refractivity contribution in [2.75, 3.05) is 0 Å². The van der Waals surface area contributed by atoms with Crippen LogP contribution >= 0.6 is 50.7 Å². The predicted octanol–water partition coefficient (Wildman–Crippen LogP) is 7.23. The summed E-state index contributed by atoms with van der Waals surface area (Å²) < 4.78 is 39.6. The molecule has 0 atom stereocenters.